The monoisotopic (exact) mass is 554 g/mol. The van der Waals surface area contributed by atoms with Crippen LogP contribution in [-0.2, 0) is 10.0 Å². The number of benzene rings is 1. The molecule has 2 aromatic heterocycles. The van der Waals surface area contributed by atoms with Crippen molar-refractivity contribution >= 4 is 34.1 Å². The van der Waals surface area contributed by atoms with Crippen LogP contribution in [0.15, 0.2) is 42.7 Å². The smallest absolute Gasteiger partial charge is 0.232 e. The average Bonchev–Trinajstić information content (AvgIpc) is 2.83. The van der Waals surface area contributed by atoms with Crippen LogP contribution >= 0.6 is 12.4 Å². The van der Waals surface area contributed by atoms with Crippen molar-refractivity contribution in [1.29, 1.82) is 0 Å². The molecule has 0 aliphatic heterocycles. The summed E-state index contributed by atoms with van der Waals surface area (Å²) in [5.74, 6) is -2.69. The molecular formula is C24H29ClF2N6O3S. The van der Waals surface area contributed by atoms with E-state index >= 15 is 0 Å². The average molecular weight is 555 g/mol. The molecule has 0 saturated heterocycles. The van der Waals surface area contributed by atoms with Gasteiger partial charge in [0.25, 0.3) is 0 Å². The van der Waals surface area contributed by atoms with Crippen molar-refractivity contribution in [2.24, 2.45) is 5.73 Å². The van der Waals surface area contributed by atoms with Gasteiger partial charge in [-0.15, -0.1) is 12.4 Å². The Morgan fingerprint density at radius 1 is 1.08 bits per heavy atom. The van der Waals surface area contributed by atoms with Crippen LogP contribution in [0.4, 0.5) is 20.4 Å². The van der Waals surface area contributed by atoms with E-state index in [0.29, 0.717) is 23.6 Å². The molecule has 1 saturated carbocycles. The SMILES string of the molecule is CCCS(=O)(=O)Nc1cc(F)c(Oc2ncccc2-c2ccnc(NC3CCC(N)CC3)n2)c(F)c1.Cl. The highest BCUT2D eigenvalue weighted by Crippen LogP contribution is 2.34. The Labute approximate surface area is 220 Å². The molecule has 0 unspecified atom stereocenters. The van der Waals surface area contributed by atoms with Crippen molar-refractivity contribution in [3.05, 3.63) is 54.4 Å². The Bertz CT molecular complexity index is 1300. The van der Waals surface area contributed by atoms with E-state index in [2.05, 4.69) is 25.0 Å². The highest BCUT2D eigenvalue weighted by Gasteiger charge is 2.21. The number of pyridine rings is 1. The minimum Gasteiger partial charge on any atom is -0.432 e. The number of anilines is 2. The second kappa shape index (κ2) is 12.4. The third-order valence-corrected chi connectivity index (χ3v) is 7.24. The van der Waals surface area contributed by atoms with Crippen molar-refractivity contribution < 1.29 is 21.9 Å². The minimum atomic E-state index is -3.71. The molecule has 2 heterocycles. The third-order valence-electron chi connectivity index (χ3n) is 5.75. The van der Waals surface area contributed by atoms with E-state index in [9.17, 15) is 17.2 Å². The lowest BCUT2D eigenvalue weighted by Crippen LogP contribution is -2.33. The number of nitrogens with two attached hydrogens (primary N) is 1. The summed E-state index contributed by atoms with van der Waals surface area (Å²) in [4.78, 5) is 12.9. The number of sulfonamides is 1. The zero-order chi connectivity index (χ0) is 25.7. The van der Waals surface area contributed by atoms with Gasteiger partial charge in [-0.2, -0.15) is 0 Å². The van der Waals surface area contributed by atoms with Crippen LogP contribution < -0.4 is 20.5 Å². The molecule has 0 bridgehead atoms. The molecule has 0 amide bonds. The normalized spacial score (nSPS) is 17.5. The summed E-state index contributed by atoms with van der Waals surface area (Å²) in [6.07, 6.45) is 7.04. The molecule has 0 radical (unpaired) electrons. The second-order valence-electron chi connectivity index (χ2n) is 8.67. The lowest BCUT2D eigenvalue weighted by atomic mass is 9.92. The first-order chi connectivity index (χ1) is 17.2. The van der Waals surface area contributed by atoms with Crippen LogP contribution in [0.5, 0.6) is 11.6 Å². The second-order valence-corrected chi connectivity index (χ2v) is 10.5. The number of aromatic nitrogens is 3. The fourth-order valence-corrected chi connectivity index (χ4v) is 5.12. The van der Waals surface area contributed by atoms with Gasteiger partial charge in [0.2, 0.25) is 27.6 Å². The standard InChI is InChI=1S/C24H28F2N6O3S.ClH/c1-2-12-36(33,34)32-17-13-19(25)22(20(26)14-17)35-23-18(4-3-10-28-23)21-9-11-29-24(31-21)30-16-7-5-15(27)6-8-16;/h3-4,9-11,13-16,32H,2,5-8,12,27H2,1H3,(H,29,30,31);1H. The number of hydrogen-bond acceptors (Lipinski definition) is 8. The summed E-state index contributed by atoms with van der Waals surface area (Å²) in [7, 11) is -3.71. The van der Waals surface area contributed by atoms with E-state index in [1.807, 2.05) is 0 Å². The van der Waals surface area contributed by atoms with Crippen molar-refractivity contribution in [3.63, 3.8) is 0 Å². The minimum absolute atomic E-state index is 0. The maximum absolute atomic E-state index is 14.8. The van der Waals surface area contributed by atoms with Crippen molar-refractivity contribution in [1.82, 2.24) is 15.0 Å². The summed E-state index contributed by atoms with van der Waals surface area (Å²) in [6.45, 7) is 1.68. The number of rotatable bonds is 9. The van der Waals surface area contributed by atoms with Gasteiger partial charge in [-0.05, 0) is 50.3 Å². The molecule has 1 fully saturated rings. The quantitative estimate of drug-likeness (QED) is 0.341. The van der Waals surface area contributed by atoms with E-state index in [1.165, 1.54) is 6.20 Å². The van der Waals surface area contributed by atoms with Crippen LogP contribution in [0.25, 0.3) is 11.3 Å². The molecule has 9 nitrogen and oxygen atoms in total. The van der Waals surface area contributed by atoms with Gasteiger partial charge in [-0.25, -0.2) is 32.2 Å². The maximum Gasteiger partial charge on any atom is 0.232 e. The van der Waals surface area contributed by atoms with Gasteiger partial charge in [0.1, 0.15) is 0 Å². The predicted octanol–water partition coefficient (Wildman–Crippen LogP) is 4.86. The van der Waals surface area contributed by atoms with Gasteiger partial charge in [0.15, 0.2) is 11.6 Å². The van der Waals surface area contributed by atoms with Crippen LogP contribution in [0.1, 0.15) is 39.0 Å². The Morgan fingerprint density at radius 2 is 1.78 bits per heavy atom. The van der Waals surface area contributed by atoms with Crippen LogP contribution in [0, 0.1) is 11.6 Å². The predicted molar refractivity (Wildman–Crippen MR) is 140 cm³/mol. The van der Waals surface area contributed by atoms with Gasteiger partial charge in [-0.1, -0.05) is 6.92 Å². The molecule has 0 spiro atoms. The van der Waals surface area contributed by atoms with Gasteiger partial charge >= 0.3 is 0 Å². The summed E-state index contributed by atoms with van der Waals surface area (Å²) in [6, 6.07) is 7.10. The summed E-state index contributed by atoms with van der Waals surface area (Å²) in [5, 5.41) is 3.32. The molecule has 1 aromatic carbocycles. The maximum atomic E-state index is 14.8. The first-order valence-corrected chi connectivity index (χ1v) is 13.4. The highest BCUT2D eigenvalue weighted by atomic mass is 35.5. The number of ether oxygens (including phenoxy) is 1. The Morgan fingerprint density at radius 3 is 2.46 bits per heavy atom. The molecule has 200 valence electrons. The highest BCUT2D eigenvalue weighted by molar-refractivity contribution is 7.92. The number of nitrogens with one attached hydrogen (secondary N) is 2. The third kappa shape index (κ3) is 7.46. The summed E-state index contributed by atoms with van der Waals surface area (Å²) < 4.78 is 61.1. The summed E-state index contributed by atoms with van der Waals surface area (Å²) in [5.41, 5.74) is 6.60. The first-order valence-electron chi connectivity index (χ1n) is 11.7. The summed E-state index contributed by atoms with van der Waals surface area (Å²) >= 11 is 0. The van der Waals surface area contributed by atoms with E-state index in [1.54, 1.807) is 31.3 Å². The van der Waals surface area contributed by atoms with Crippen LogP contribution in [-0.4, -0.2) is 41.2 Å². The molecule has 1 aliphatic rings. The Balaban J connectivity index is 0.00000380. The zero-order valence-corrected chi connectivity index (χ0v) is 21.8. The van der Waals surface area contributed by atoms with Gasteiger partial charge in [0.05, 0.1) is 22.7 Å². The van der Waals surface area contributed by atoms with E-state index in [0.717, 1.165) is 37.8 Å². The van der Waals surface area contributed by atoms with Crippen LogP contribution in [0.3, 0.4) is 0 Å². The van der Waals surface area contributed by atoms with Gasteiger partial charge < -0.3 is 15.8 Å². The number of hydrogen-bond donors (Lipinski definition) is 3. The van der Waals surface area contributed by atoms with E-state index < -0.39 is 27.4 Å². The Kier molecular flexibility index (Phi) is 9.57. The topological polar surface area (TPSA) is 132 Å². The molecule has 37 heavy (non-hydrogen) atoms. The van der Waals surface area contributed by atoms with E-state index in [4.69, 9.17) is 10.5 Å². The van der Waals surface area contributed by atoms with Crippen molar-refractivity contribution in [2.75, 3.05) is 15.8 Å². The largest absolute Gasteiger partial charge is 0.432 e. The van der Waals surface area contributed by atoms with Gasteiger partial charge in [-0.3, -0.25) is 4.72 Å². The molecule has 3 aromatic rings. The first kappa shape index (κ1) is 28.5. The van der Waals surface area contributed by atoms with Crippen molar-refractivity contribution in [3.8, 4) is 22.9 Å². The molecule has 1 aliphatic carbocycles. The lowest BCUT2D eigenvalue weighted by Gasteiger charge is -2.26. The Hall–Kier alpha value is -3.09. The lowest BCUT2D eigenvalue weighted by molar-refractivity contribution is 0.397. The molecular weight excluding hydrogens is 526 g/mol. The van der Waals surface area contributed by atoms with Gasteiger partial charge in [0, 0.05) is 36.6 Å². The van der Waals surface area contributed by atoms with Crippen LogP contribution in [0.2, 0.25) is 0 Å². The fraction of sp³-hybridized carbons (Fsp3) is 0.375. The van der Waals surface area contributed by atoms with Crippen molar-refractivity contribution in [2.45, 2.75) is 51.1 Å². The molecule has 0 atom stereocenters. The number of nitrogens with zero attached hydrogens (tertiary/aromatic N) is 3. The number of halogens is 3. The zero-order valence-electron chi connectivity index (χ0n) is 20.2. The molecule has 4 rings (SSSR count). The molecule has 4 N–H and O–H groups in total. The fourth-order valence-electron chi connectivity index (χ4n) is 4.00. The molecule has 13 heteroatoms. The van der Waals surface area contributed by atoms with E-state index in [-0.39, 0.29) is 41.8 Å².